The maximum atomic E-state index is 12.0. The number of hydrogen-bond donors (Lipinski definition) is 0. The Morgan fingerprint density at radius 2 is 1.93 bits per heavy atom. The van der Waals surface area contributed by atoms with Crippen molar-refractivity contribution in [2.45, 2.75) is 17.7 Å². The quantitative estimate of drug-likeness (QED) is 0.759. The molecule has 0 aromatic heterocycles. The maximum Gasteiger partial charge on any atom is 0.147 e. The molecule has 4 heteroatoms. The van der Waals surface area contributed by atoms with Crippen molar-refractivity contribution in [1.82, 2.24) is 4.31 Å². The third kappa shape index (κ3) is 2.52. The number of carbonyl (C=O) groups excluding carboxylic acids is 1. The Kier molecular flexibility index (Phi) is 3.28. The van der Waals surface area contributed by atoms with Crippen LogP contribution in [0.3, 0.4) is 0 Å². The summed E-state index contributed by atoms with van der Waals surface area (Å²) in [7, 11) is -1.18. The topological polar surface area (TPSA) is 37.4 Å². The highest BCUT2D eigenvalue weighted by atomic mass is 32.2. The van der Waals surface area contributed by atoms with Crippen LogP contribution in [0.1, 0.15) is 12.8 Å². The van der Waals surface area contributed by atoms with Crippen LogP contribution in [-0.2, 0) is 15.8 Å². The monoisotopic (exact) mass is 223 g/mol. The van der Waals surface area contributed by atoms with Gasteiger partial charge in [0.1, 0.15) is 16.8 Å². The molecule has 1 atom stereocenters. The summed E-state index contributed by atoms with van der Waals surface area (Å²) >= 11 is 0. The van der Waals surface area contributed by atoms with Crippen LogP contribution in [0.25, 0.3) is 0 Å². The van der Waals surface area contributed by atoms with Crippen molar-refractivity contribution >= 4 is 16.8 Å². The average molecular weight is 223 g/mol. The van der Waals surface area contributed by atoms with E-state index < -0.39 is 11.0 Å². The first-order chi connectivity index (χ1) is 7.27. The van der Waals surface area contributed by atoms with E-state index in [4.69, 9.17) is 0 Å². The van der Waals surface area contributed by atoms with E-state index in [0.717, 1.165) is 17.9 Å². The van der Waals surface area contributed by atoms with E-state index in [0.29, 0.717) is 13.0 Å². The zero-order chi connectivity index (χ0) is 10.7. The molecule has 2 rings (SSSR count). The summed E-state index contributed by atoms with van der Waals surface area (Å²) in [6, 6.07) is 9.27. The molecule has 1 aliphatic heterocycles. The van der Waals surface area contributed by atoms with Crippen molar-refractivity contribution in [2.75, 3.05) is 13.1 Å². The van der Waals surface area contributed by atoms with E-state index in [1.54, 1.807) is 4.31 Å². The van der Waals surface area contributed by atoms with Gasteiger partial charge in [-0.05, 0) is 18.6 Å². The first-order valence-corrected chi connectivity index (χ1v) is 6.11. The Bertz CT molecular complexity index is 377. The van der Waals surface area contributed by atoms with Crippen LogP contribution in [0.4, 0.5) is 0 Å². The number of ketones is 1. The Morgan fingerprint density at radius 3 is 2.60 bits per heavy atom. The summed E-state index contributed by atoms with van der Waals surface area (Å²) in [4.78, 5) is 12.0. The van der Waals surface area contributed by atoms with E-state index in [9.17, 15) is 9.00 Å². The number of carbonyl (C=O) groups is 1. The molecule has 1 saturated heterocycles. The minimum Gasteiger partial charge on any atom is -0.298 e. The van der Waals surface area contributed by atoms with Gasteiger partial charge in [0.15, 0.2) is 0 Å². The smallest absolute Gasteiger partial charge is 0.147 e. The SMILES string of the molecule is O=C1CCCN(S(=O)c2ccccc2)C1. The van der Waals surface area contributed by atoms with Crippen LogP contribution in [0.15, 0.2) is 35.2 Å². The van der Waals surface area contributed by atoms with E-state index in [1.807, 2.05) is 30.3 Å². The van der Waals surface area contributed by atoms with Crippen LogP contribution in [0, 0.1) is 0 Å². The van der Waals surface area contributed by atoms with Gasteiger partial charge in [-0.25, -0.2) is 8.51 Å². The molecule has 1 aliphatic rings. The van der Waals surface area contributed by atoms with Gasteiger partial charge in [0.2, 0.25) is 0 Å². The molecule has 0 aliphatic carbocycles. The predicted molar refractivity (Wildman–Crippen MR) is 58.7 cm³/mol. The molecule has 80 valence electrons. The molecule has 15 heavy (non-hydrogen) atoms. The minimum absolute atomic E-state index is 0.186. The largest absolute Gasteiger partial charge is 0.298 e. The molecule has 3 nitrogen and oxygen atoms in total. The number of Topliss-reactive ketones (excluding diaryl/α,β-unsaturated/α-hetero) is 1. The molecule has 1 unspecified atom stereocenters. The van der Waals surface area contributed by atoms with Crippen LogP contribution in [-0.4, -0.2) is 27.4 Å². The number of benzene rings is 1. The van der Waals surface area contributed by atoms with Crippen molar-refractivity contribution in [3.05, 3.63) is 30.3 Å². The number of hydrogen-bond acceptors (Lipinski definition) is 2. The lowest BCUT2D eigenvalue weighted by Crippen LogP contribution is -2.36. The van der Waals surface area contributed by atoms with Gasteiger partial charge in [0, 0.05) is 13.0 Å². The fourth-order valence-electron chi connectivity index (χ4n) is 1.63. The highest BCUT2D eigenvalue weighted by Gasteiger charge is 2.22. The van der Waals surface area contributed by atoms with Crippen molar-refractivity contribution in [3.63, 3.8) is 0 Å². The summed E-state index contributed by atoms with van der Waals surface area (Å²) < 4.78 is 13.8. The fourth-order valence-corrected chi connectivity index (χ4v) is 2.88. The zero-order valence-electron chi connectivity index (χ0n) is 8.39. The second-order valence-corrected chi connectivity index (χ2v) is 5.05. The lowest BCUT2D eigenvalue weighted by atomic mass is 10.1. The van der Waals surface area contributed by atoms with Crippen molar-refractivity contribution in [2.24, 2.45) is 0 Å². The molecule has 0 spiro atoms. The third-order valence-electron chi connectivity index (χ3n) is 2.40. The summed E-state index contributed by atoms with van der Waals surface area (Å²) in [6.45, 7) is 1.06. The lowest BCUT2D eigenvalue weighted by molar-refractivity contribution is -0.120. The molecule has 0 radical (unpaired) electrons. The Hall–Kier alpha value is -1.00. The normalized spacial score (nSPS) is 20.1. The van der Waals surface area contributed by atoms with E-state index >= 15 is 0 Å². The second kappa shape index (κ2) is 4.68. The lowest BCUT2D eigenvalue weighted by Gasteiger charge is -2.24. The number of piperidine rings is 1. The van der Waals surface area contributed by atoms with E-state index in [-0.39, 0.29) is 5.78 Å². The highest BCUT2D eigenvalue weighted by molar-refractivity contribution is 7.82. The van der Waals surface area contributed by atoms with Gasteiger partial charge < -0.3 is 0 Å². The van der Waals surface area contributed by atoms with Crippen LogP contribution in [0.2, 0.25) is 0 Å². The molecule has 0 saturated carbocycles. The Balaban J connectivity index is 2.11. The van der Waals surface area contributed by atoms with Crippen LogP contribution in [0.5, 0.6) is 0 Å². The van der Waals surface area contributed by atoms with E-state index in [1.165, 1.54) is 0 Å². The van der Waals surface area contributed by atoms with Crippen molar-refractivity contribution < 1.29 is 9.00 Å². The highest BCUT2D eigenvalue weighted by Crippen LogP contribution is 2.14. The van der Waals surface area contributed by atoms with E-state index in [2.05, 4.69) is 0 Å². The first-order valence-electron chi connectivity index (χ1n) is 5.01. The molecule has 0 N–H and O–H groups in total. The Morgan fingerprint density at radius 1 is 1.20 bits per heavy atom. The van der Waals surface area contributed by atoms with Crippen molar-refractivity contribution in [1.29, 1.82) is 0 Å². The molecular formula is C11H13NO2S. The Labute approximate surface area is 91.7 Å². The predicted octanol–water partition coefficient (Wildman–Crippen LogP) is 1.37. The number of nitrogens with zero attached hydrogens (tertiary/aromatic N) is 1. The molecule has 1 aromatic rings. The molecule has 0 amide bonds. The zero-order valence-corrected chi connectivity index (χ0v) is 9.20. The standard InChI is InChI=1S/C11H13NO2S/c13-10-5-4-8-12(9-10)15(14)11-6-2-1-3-7-11/h1-3,6-7H,4-5,8-9H2. The van der Waals surface area contributed by atoms with Gasteiger partial charge in [0.25, 0.3) is 0 Å². The summed E-state index contributed by atoms with van der Waals surface area (Å²) in [6.07, 6.45) is 1.44. The third-order valence-corrected chi connectivity index (χ3v) is 3.85. The molecule has 1 aromatic carbocycles. The minimum atomic E-state index is -1.18. The summed E-state index contributed by atoms with van der Waals surface area (Å²) in [5, 5.41) is 0. The molecule has 0 bridgehead atoms. The molecule has 1 heterocycles. The van der Waals surface area contributed by atoms with Gasteiger partial charge >= 0.3 is 0 Å². The average Bonchev–Trinajstić information content (AvgIpc) is 2.29. The first kappa shape index (κ1) is 10.5. The fraction of sp³-hybridized carbons (Fsp3) is 0.364. The van der Waals surface area contributed by atoms with Crippen molar-refractivity contribution in [3.8, 4) is 0 Å². The van der Waals surface area contributed by atoms with Gasteiger partial charge in [-0.2, -0.15) is 0 Å². The molecular weight excluding hydrogens is 210 g/mol. The van der Waals surface area contributed by atoms with Gasteiger partial charge in [-0.3, -0.25) is 4.79 Å². The molecule has 1 fully saturated rings. The van der Waals surface area contributed by atoms with Gasteiger partial charge in [0.05, 0.1) is 11.4 Å². The number of rotatable bonds is 2. The van der Waals surface area contributed by atoms with Crippen LogP contribution < -0.4 is 0 Å². The summed E-state index contributed by atoms with van der Waals surface area (Å²) in [5.41, 5.74) is 0. The summed E-state index contributed by atoms with van der Waals surface area (Å²) in [5.74, 6) is 0.186. The van der Waals surface area contributed by atoms with Crippen LogP contribution >= 0.6 is 0 Å². The maximum absolute atomic E-state index is 12.0. The van der Waals surface area contributed by atoms with Gasteiger partial charge in [-0.1, -0.05) is 18.2 Å². The second-order valence-electron chi connectivity index (χ2n) is 3.57. The van der Waals surface area contributed by atoms with Gasteiger partial charge in [-0.15, -0.1) is 0 Å².